The molecule has 0 bridgehead atoms. The molecule has 0 atom stereocenters. The van der Waals surface area contributed by atoms with Crippen LogP contribution in [0.4, 0.5) is 5.69 Å². The van der Waals surface area contributed by atoms with Crippen LogP contribution in [-0.2, 0) is 6.54 Å². The molecule has 3 rings (SSSR count). The molecule has 0 spiro atoms. The number of anilines is 1. The Hall–Kier alpha value is -2.12. The molecule has 33 heavy (non-hydrogen) atoms. The largest absolute Gasteiger partial charge is 0.369 e. The number of H-pyrrole nitrogens is 1. The van der Waals surface area contributed by atoms with E-state index in [9.17, 15) is 9.59 Å². The summed E-state index contributed by atoms with van der Waals surface area (Å²) >= 11 is 3.62. The van der Waals surface area contributed by atoms with Gasteiger partial charge in [0.05, 0.1) is 0 Å². The molecular weight excluding hydrogens is 480 g/mol. The fourth-order valence-corrected chi connectivity index (χ4v) is 5.52. The summed E-state index contributed by atoms with van der Waals surface area (Å²) in [5.74, 6) is -0.165. The highest BCUT2D eigenvalue weighted by Gasteiger charge is 2.28. The first-order valence-electron chi connectivity index (χ1n) is 11.8. The molecule has 6 nitrogen and oxygen atoms in total. The molecule has 1 saturated carbocycles. The van der Waals surface area contributed by atoms with Crippen LogP contribution < -0.4 is 15.8 Å². The molecule has 2 N–H and O–H groups in total. The number of aromatic nitrogens is 1. The average molecular weight is 518 g/mol. The first-order chi connectivity index (χ1) is 15.6. The normalized spacial score (nSPS) is 18.4. The Balaban J connectivity index is 1.81. The maximum Gasteiger partial charge on any atom is 0.253 e. The van der Waals surface area contributed by atoms with Gasteiger partial charge in [-0.2, -0.15) is 0 Å². The van der Waals surface area contributed by atoms with Gasteiger partial charge in [0.1, 0.15) is 0 Å². The Morgan fingerprint density at radius 1 is 1.09 bits per heavy atom. The van der Waals surface area contributed by atoms with E-state index >= 15 is 0 Å². The number of halogens is 1. The summed E-state index contributed by atoms with van der Waals surface area (Å²) in [4.78, 5) is 33.1. The SMILES string of the molecule is CCN(c1cc(Br)cc(C(=O)NCc2c(C)cc(C)[nH]c2=O)c1C)[C@H]1CC[C@H](N(C)C)CC1. The summed E-state index contributed by atoms with van der Waals surface area (Å²) in [6, 6.07) is 7.05. The fraction of sp³-hybridized carbons (Fsp3) is 0.538. The van der Waals surface area contributed by atoms with Crippen LogP contribution in [0.3, 0.4) is 0 Å². The third-order valence-electron chi connectivity index (χ3n) is 7.00. The van der Waals surface area contributed by atoms with Gasteiger partial charge in [-0.05, 0) is 96.8 Å². The Kier molecular flexibility index (Phi) is 8.40. The topological polar surface area (TPSA) is 68.4 Å². The summed E-state index contributed by atoms with van der Waals surface area (Å²) < 4.78 is 0.887. The van der Waals surface area contributed by atoms with Crippen LogP contribution >= 0.6 is 15.9 Å². The number of benzene rings is 1. The van der Waals surface area contributed by atoms with Gasteiger partial charge in [-0.25, -0.2) is 0 Å². The second kappa shape index (κ2) is 10.9. The van der Waals surface area contributed by atoms with Crippen LogP contribution in [0.2, 0.25) is 0 Å². The van der Waals surface area contributed by atoms with Crippen molar-refractivity contribution in [2.45, 2.75) is 72.0 Å². The first kappa shape index (κ1) is 25.5. The summed E-state index contributed by atoms with van der Waals surface area (Å²) in [5.41, 5.74) is 4.87. The van der Waals surface area contributed by atoms with Crippen LogP contribution in [0.1, 0.15) is 65.3 Å². The van der Waals surface area contributed by atoms with Gasteiger partial charge in [0, 0.05) is 52.2 Å². The van der Waals surface area contributed by atoms with Gasteiger partial charge >= 0.3 is 0 Å². The highest BCUT2D eigenvalue weighted by molar-refractivity contribution is 9.10. The van der Waals surface area contributed by atoms with Crippen LogP contribution in [0.25, 0.3) is 0 Å². The zero-order valence-electron chi connectivity index (χ0n) is 20.7. The minimum absolute atomic E-state index is 0.148. The monoisotopic (exact) mass is 516 g/mol. The number of hydrogen-bond acceptors (Lipinski definition) is 4. The predicted molar refractivity (Wildman–Crippen MR) is 139 cm³/mol. The van der Waals surface area contributed by atoms with Crippen molar-refractivity contribution in [3.05, 3.63) is 61.0 Å². The number of aromatic amines is 1. The second-order valence-corrected chi connectivity index (χ2v) is 10.4. The van der Waals surface area contributed by atoms with E-state index in [0.29, 0.717) is 23.2 Å². The number of pyridine rings is 1. The Morgan fingerprint density at radius 3 is 2.30 bits per heavy atom. The van der Waals surface area contributed by atoms with Crippen LogP contribution in [0, 0.1) is 20.8 Å². The fourth-order valence-electron chi connectivity index (χ4n) is 5.08. The molecule has 7 heteroatoms. The second-order valence-electron chi connectivity index (χ2n) is 9.44. The van der Waals surface area contributed by atoms with Crippen molar-refractivity contribution < 1.29 is 4.79 Å². The number of carbonyl (C=O) groups excluding carboxylic acids is 1. The quantitative estimate of drug-likeness (QED) is 0.559. The summed E-state index contributed by atoms with van der Waals surface area (Å²) in [6.45, 7) is 9.06. The molecule has 1 aliphatic carbocycles. The molecule has 1 aliphatic rings. The molecule has 0 radical (unpaired) electrons. The maximum absolute atomic E-state index is 13.2. The lowest BCUT2D eigenvalue weighted by Crippen LogP contribution is -2.42. The zero-order valence-corrected chi connectivity index (χ0v) is 22.3. The van der Waals surface area contributed by atoms with Gasteiger partial charge in [0.15, 0.2) is 0 Å². The lowest BCUT2D eigenvalue weighted by Gasteiger charge is -2.40. The molecule has 1 aromatic heterocycles. The highest BCUT2D eigenvalue weighted by atomic mass is 79.9. The van der Waals surface area contributed by atoms with Crippen LogP contribution in [0.15, 0.2) is 27.5 Å². The van der Waals surface area contributed by atoms with Crippen molar-refractivity contribution in [1.82, 2.24) is 15.2 Å². The first-order valence-corrected chi connectivity index (χ1v) is 12.6. The van der Waals surface area contributed by atoms with Gasteiger partial charge in [-0.1, -0.05) is 15.9 Å². The van der Waals surface area contributed by atoms with E-state index in [4.69, 9.17) is 0 Å². The maximum atomic E-state index is 13.2. The van der Waals surface area contributed by atoms with Crippen LogP contribution in [0.5, 0.6) is 0 Å². The Labute approximate surface area is 205 Å². The summed E-state index contributed by atoms with van der Waals surface area (Å²) in [6.07, 6.45) is 4.69. The molecule has 0 unspecified atom stereocenters. The van der Waals surface area contributed by atoms with Gasteiger partial charge in [-0.3, -0.25) is 9.59 Å². The lowest BCUT2D eigenvalue weighted by atomic mass is 9.89. The van der Waals surface area contributed by atoms with E-state index in [-0.39, 0.29) is 18.0 Å². The molecule has 180 valence electrons. The van der Waals surface area contributed by atoms with Gasteiger partial charge in [-0.15, -0.1) is 0 Å². The van der Waals surface area contributed by atoms with Crippen molar-refractivity contribution in [3.8, 4) is 0 Å². The smallest absolute Gasteiger partial charge is 0.253 e. The Morgan fingerprint density at radius 2 is 1.73 bits per heavy atom. The highest BCUT2D eigenvalue weighted by Crippen LogP contribution is 2.34. The van der Waals surface area contributed by atoms with Crippen LogP contribution in [-0.4, -0.2) is 48.5 Å². The Bertz CT molecular complexity index is 1050. The van der Waals surface area contributed by atoms with E-state index < -0.39 is 0 Å². The molecule has 0 saturated heterocycles. The van der Waals surface area contributed by atoms with E-state index in [1.54, 1.807) is 0 Å². The zero-order chi connectivity index (χ0) is 24.3. The van der Waals surface area contributed by atoms with E-state index in [2.05, 4.69) is 63.1 Å². The van der Waals surface area contributed by atoms with Gasteiger partial charge in [0.25, 0.3) is 11.5 Å². The number of amides is 1. The summed E-state index contributed by atoms with van der Waals surface area (Å²) in [5, 5.41) is 2.96. The number of rotatable bonds is 7. The number of carbonyl (C=O) groups is 1. The lowest BCUT2D eigenvalue weighted by molar-refractivity contribution is 0.0950. The molecule has 2 aromatic rings. The number of aryl methyl sites for hydroxylation is 2. The van der Waals surface area contributed by atoms with Gasteiger partial charge < -0.3 is 20.1 Å². The van der Waals surface area contributed by atoms with Crippen molar-refractivity contribution in [1.29, 1.82) is 0 Å². The number of hydrogen-bond donors (Lipinski definition) is 2. The molecule has 1 aromatic carbocycles. The minimum atomic E-state index is -0.165. The van der Waals surface area contributed by atoms with Gasteiger partial charge in [0.2, 0.25) is 0 Å². The van der Waals surface area contributed by atoms with E-state index in [1.165, 1.54) is 12.8 Å². The van der Waals surface area contributed by atoms with Crippen molar-refractivity contribution in [3.63, 3.8) is 0 Å². The van der Waals surface area contributed by atoms with E-state index in [0.717, 1.165) is 46.4 Å². The predicted octanol–water partition coefficient (Wildman–Crippen LogP) is 4.69. The number of nitrogens with zero attached hydrogens (tertiary/aromatic N) is 2. The summed E-state index contributed by atoms with van der Waals surface area (Å²) in [7, 11) is 4.33. The number of nitrogens with one attached hydrogen (secondary N) is 2. The molecule has 0 aliphatic heterocycles. The minimum Gasteiger partial charge on any atom is -0.369 e. The third-order valence-corrected chi connectivity index (χ3v) is 7.45. The standard InChI is InChI=1S/C26H37BrN4O2/c1-7-31(21-10-8-20(9-11-21)30(5)6)24-14-19(27)13-22(18(24)4)25(32)28-15-23-16(2)12-17(3)29-26(23)33/h12-14,20-21H,7-11,15H2,1-6H3,(H,28,32)(H,29,33)/t20-,21-. The van der Waals surface area contributed by atoms with Crippen molar-refractivity contribution >= 4 is 27.5 Å². The molecular formula is C26H37BrN4O2. The van der Waals surface area contributed by atoms with Crippen molar-refractivity contribution in [2.75, 3.05) is 25.5 Å². The molecule has 1 heterocycles. The molecule has 1 fully saturated rings. The third kappa shape index (κ3) is 5.87. The molecule has 1 amide bonds. The van der Waals surface area contributed by atoms with E-state index in [1.807, 2.05) is 32.9 Å². The average Bonchev–Trinajstić information content (AvgIpc) is 2.75. The van der Waals surface area contributed by atoms with Crippen molar-refractivity contribution in [2.24, 2.45) is 0 Å².